The zero-order valence-corrected chi connectivity index (χ0v) is 11.4. The Labute approximate surface area is 110 Å². The molecule has 2 rings (SSSR count). The minimum absolute atomic E-state index is 0.293. The molecule has 2 N–H and O–H groups in total. The minimum atomic E-state index is 0.293. The summed E-state index contributed by atoms with van der Waals surface area (Å²) >= 11 is 0. The smallest absolute Gasteiger partial charge is 0.119 e. The lowest BCUT2D eigenvalue weighted by molar-refractivity contribution is 0.189. The Balaban J connectivity index is 2.10. The largest absolute Gasteiger partial charge is 0.497 e. The van der Waals surface area contributed by atoms with Crippen molar-refractivity contribution in [3.8, 4) is 5.75 Å². The quantitative estimate of drug-likeness (QED) is 0.888. The highest BCUT2D eigenvalue weighted by atomic mass is 16.5. The van der Waals surface area contributed by atoms with E-state index < -0.39 is 0 Å². The number of hydrogen-bond donors (Lipinski definition) is 1. The van der Waals surface area contributed by atoms with Crippen LogP contribution in [0.3, 0.4) is 0 Å². The first-order chi connectivity index (χ1) is 8.72. The molecule has 1 saturated heterocycles. The van der Waals surface area contributed by atoms with Crippen molar-refractivity contribution in [1.29, 1.82) is 0 Å². The van der Waals surface area contributed by atoms with Gasteiger partial charge in [0.05, 0.1) is 7.11 Å². The highest BCUT2D eigenvalue weighted by Crippen LogP contribution is 2.28. The van der Waals surface area contributed by atoms with Gasteiger partial charge in [-0.1, -0.05) is 19.1 Å². The number of rotatable bonds is 4. The molecule has 100 valence electrons. The third-order valence-corrected chi connectivity index (χ3v) is 3.66. The Hall–Kier alpha value is -1.06. The van der Waals surface area contributed by atoms with Crippen molar-refractivity contribution in [2.24, 2.45) is 5.73 Å². The molecule has 3 heteroatoms. The number of hydrogen-bond acceptors (Lipinski definition) is 3. The third-order valence-electron chi connectivity index (χ3n) is 3.66. The van der Waals surface area contributed by atoms with Gasteiger partial charge in [-0.2, -0.15) is 0 Å². The monoisotopic (exact) mass is 248 g/mol. The van der Waals surface area contributed by atoms with Crippen LogP contribution in [0.4, 0.5) is 0 Å². The van der Waals surface area contributed by atoms with E-state index in [4.69, 9.17) is 10.5 Å². The lowest BCUT2D eigenvalue weighted by Gasteiger charge is -2.36. The van der Waals surface area contributed by atoms with Crippen LogP contribution in [-0.2, 0) is 0 Å². The molecule has 1 aliphatic heterocycles. The highest BCUT2D eigenvalue weighted by molar-refractivity contribution is 5.31. The summed E-state index contributed by atoms with van der Waals surface area (Å²) < 4.78 is 5.30. The van der Waals surface area contributed by atoms with Gasteiger partial charge in [0, 0.05) is 19.1 Å². The first-order valence-corrected chi connectivity index (χ1v) is 6.84. The summed E-state index contributed by atoms with van der Waals surface area (Å²) in [6.07, 6.45) is 2.27. The maximum Gasteiger partial charge on any atom is 0.119 e. The first kappa shape index (κ1) is 13.4. The van der Waals surface area contributed by atoms with Gasteiger partial charge in [0.15, 0.2) is 0 Å². The van der Waals surface area contributed by atoms with Crippen molar-refractivity contribution >= 4 is 0 Å². The van der Waals surface area contributed by atoms with E-state index in [2.05, 4.69) is 30.0 Å². The molecule has 0 saturated carbocycles. The van der Waals surface area contributed by atoms with Crippen LogP contribution in [0.1, 0.15) is 31.2 Å². The van der Waals surface area contributed by atoms with Crippen molar-refractivity contribution in [2.75, 3.05) is 26.7 Å². The fraction of sp³-hybridized carbons (Fsp3) is 0.600. The fourth-order valence-corrected chi connectivity index (χ4v) is 2.87. The molecule has 1 aliphatic rings. The Morgan fingerprint density at radius 3 is 2.94 bits per heavy atom. The second-order valence-corrected chi connectivity index (χ2v) is 5.23. The van der Waals surface area contributed by atoms with E-state index in [-0.39, 0.29) is 0 Å². The molecule has 1 aromatic rings. The standard InChI is InChI=1S/C15H24N2O/c1-3-7-17-10-13(8-14(16)11-17)12-5-4-6-15(9-12)18-2/h4-6,9,13-14H,3,7-8,10-11,16H2,1-2H3. The Morgan fingerprint density at radius 1 is 1.39 bits per heavy atom. The molecular formula is C15H24N2O. The Morgan fingerprint density at radius 2 is 2.22 bits per heavy atom. The Kier molecular flexibility index (Phi) is 4.61. The molecule has 3 nitrogen and oxygen atoms in total. The van der Waals surface area contributed by atoms with Gasteiger partial charge in [0.1, 0.15) is 5.75 Å². The molecular weight excluding hydrogens is 224 g/mol. The molecule has 0 bridgehead atoms. The molecule has 1 heterocycles. The van der Waals surface area contributed by atoms with Crippen molar-refractivity contribution in [1.82, 2.24) is 4.90 Å². The van der Waals surface area contributed by atoms with E-state index in [9.17, 15) is 0 Å². The number of methoxy groups -OCH3 is 1. The average Bonchev–Trinajstić information content (AvgIpc) is 2.38. The second kappa shape index (κ2) is 6.21. The van der Waals surface area contributed by atoms with E-state index in [1.807, 2.05) is 6.07 Å². The topological polar surface area (TPSA) is 38.5 Å². The highest BCUT2D eigenvalue weighted by Gasteiger charge is 2.25. The lowest BCUT2D eigenvalue weighted by atomic mass is 9.88. The zero-order chi connectivity index (χ0) is 13.0. The molecule has 0 aliphatic carbocycles. The van der Waals surface area contributed by atoms with Crippen LogP contribution < -0.4 is 10.5 Å². The summed E-state index contributed by atoms with van der Waals surface area (Å²) in [6.45, 7) is 5.53. The van der Waals surface area contributed by atoms with Crippen molar-refractivity contribution in [3.63, 3.8) is 0 Å². The lowest BCUT2D eigenvalue weighted by Crippen LogP contribution is -2.46. The molecule has 0 spiro atoms. The molecule has 0 amide bonds. The molecule has 1 fully saturated rings. The van der Waals surface area contributed by atoms with Crippen molar-refractivity contribution in [2.45, 2.75) is 31.7 Å². The summed E-state index contributed by atoms with van der Waals surface area (Å²) in [7, 11) is 1.72. The average molecular weight is 248 g/mol. The van der Waals surface area contributed by atoms with Gasteiger partial charge in [-0.15, -0.1) is 0 Å². The number of piperidine rings is 1. The van der Waals surface area contributed by atoms with E-state index in [1.54, 1.807) is 7.11 Å². The predicted octanol–water partition coefficient (Wildman–Crippen LogP) is 2.22. The third kappa shape index (κ3) is 3.24. The van der Waals surface area contributed by atoms with E-state index in [1.165, 1.54) is 12.0 Å². The summed E-state index contributed by atoms with van der Waals surface area (Å²) in [5.74, 6) is 1.48. The molecule has 0 radical (unpaired) electrons. The Bertz CT molecular complexity index is 381. The van der Waals surface area contributed by atoms with Gasteiger partial charge >= 0.3 is 0 Å². The summed E-state index contributed by atoms with van der Waals surface area (Å²) in [5.41, 5.74) is 7.53. The number of ether oxygens (including phenoxy) is 1. The summed E-state index contributed by atoms with van der Waals surface area (Å²) in [5, 5.41) is 0. The van der Waals surface area contributed by atoms with Gasteiger partial charge in [0.2, 0.25) is 0 Å². The molecule has 2 atom stereocenters. The van der Waals surface area contributed by atoms with E-state index in [0.29, 0.717) is 12.0 Å². The fourth-order valence-electron chi connectivity index (χ4n) is 2.87. The predicted molar refractivity (Wildman–Crippen MR) is 75.1 cm³/mol. The number of likely N-dealkylation sites (tertiary alicyclic amines) is 1. The second-order valence-electron chi connectivity index (χ2n) is 5.23. The SMILES string of the molecule is CCCN1CC(N)CC(c2cccc(OC)c2)C1. The normalized spacial score (nSPS) is 25.1. The van der Waals surface area contributed by atoms with Crippen molar-refractivity contribution < 1.29 is 4.74 Å². The number of benzene rings is 1. The van der Waals surface area contributed by atoms with Crippen LogP contribution in [-0.4, -0.2) is 37.7 Å². The summed E-state index contributed by atoms with van der Waals surface area (Å²) in [6, 6.07) is 8.69. The van der Waals surface area contributed by atoms with Gasteiger partial charge in [-0.3, -0.25) is 0 Å². The van der Waals surface area contributed by atoms with E-state index in [0.717, 1.165) is 31.8 Å². The zero-order valence-electron chi connectivity index (χ0n) is 11.4. The van der Waals surface area contributed by atoms with Crippen LogP contribution in [0.5, 0.6) is 5.75 Å². The van der Waals surface area contributed by atoms with Crippen LogP contribution in [0, 0.1) is 0 Å². The maximum absolute atomic E-state index is 6.18. The van der Waals surface area contributed by atoms with Gasteiger partial charge in [-0.05, 0) is 43.0 Å². The molecule has 2 unspecified atom stereocenters. The number of nitrogens with two attached hydrogens (primary N) is 1. The molecule has 0 aromatic heterocycles. The first-order valence-electron chi connectivity index (χ1n) is 6.84. The molecule has 1 aromatic carbocycles. The summed E-state index contributed by atoms with van der Waals surface area (Å²) in [4.78, 5) is 2.48. The van der Waals surface area contributed by atoms with Crippen molar-refractivity contribution in [3.05, 3.63) is 29.8 Å². The van der Waals surface area contributed by atoms with Gasteiger partial charge in [-0.25, -0.2) is 0 Å². The van der Waals surface area contributed by atoms with Crippen LogP contribution in [0.15, 0.2) is 24.3 Å². The maximum atomic E-state index is 6.18. The minimum Gasteiger partial charge on any atom is -0.497 e. The molecule has 18 heavy (non-hydrogen) atoms. The van der Waals surface area contributed by atoms with Crippen LogP contribution in [0.2, 0.25) is 0 Å². The number of nitrogens with zero attached hydrogens (tertiary/aromatic N) is 1. The van der Waals surface area contributed by atoms with Gasteiger partial charge in [0.25, 0.3) is 0 Å². The van der Waals surface area contributed by atoms with Gasteiger partial charge < -0.3 is 15.4 Å². The van der Waals surface area contributed by atoms with E-state index >= 15 is 0 Å². The van der Waals surface area contributed by atoms with Crippen LogP contribution >= 0.6 is 0 Å². The van der Waals surface area contributed by atoms with Crippen LogP contribution in [0.25, 0.3) is 0 Å².